The molecule has 0 spiro atoms. The molecule has 2 saturated heterocycles. The maximum Gasteiger partial charge on any atom is 0.254 e. The number of rotatable bonds is 3. The van der Waals surface area contributed by atoms with Crippen LogP contribution >= 0.6 is 11.6 Å². The van der Waals surface area contributed by atoms with Gasteiger partial charge in [0.15, 0.2) is 0 Å². The number of hydrogen-bond acceptors (Lipinski definition) is 5. The monoisotopic (exact) mass is 385 g/mol. The van der Waals surface area contributed by atoms with E-state index in [0.29, 0.717) is 23.7 Å². The molecule has 1 amide bonds. The highest BCUT2D eigenvalue weighted by atomic mass is 35.5. The number of halogens is 1. The van der Waals surface area contributed by atoms with E-state index in [4.69, 9.17) is 11.6 Å². The van der Waals surface area contributed by atoms with Crippen molar-refractivity contribution in [2.24, 2.45) is 0 Å². The SMILES string of the molecule is Cc1nc(N2CCCC2)cc(N2CCN(C(=O)c3cccc(Cl)c3)CC2)n1. The highest BCUT2D eigenvalue weighted by Crippen LogP contribution is 2.24. The van der Waals surface area contributed by atoms with Crippen molar-refractivity contribution in [3.8, 4) is 0 Å². The van der Waals surface area contributed by atoms with Crippen molar-refractivity contribution in [3.63, 3.8) is 0 Å². The minimum Gasteiger partial charge on any atom is -0.356 e. The number of carbonyl (C=O) groups excluding carboxylic acids is 1. The lowest BCUT2D eigenvalue weighted by Crippen LogP contribution is -2.49. The molecule has 7 heteroatoms. The minimum atomic E-state index is 0.0359. The molecule has 2 aliphatic heterocycles. The predicted octanol–water partition coefficient (Wildman–Crippen LogP) is 3.00. The van der Waals surface area contributed by atoms with Crippen LogP contribution in [0.2, 0.25) is 5.02 Å². The first-order chi connectivity index (χ1) is 13.1. The van der Waals surface area contributed by atoms with Crippen molar-refractivity contribution in [1.82, 2.24) is 14.9 Å². The van der Waals surface area contributed by atoms with Gasteiger partial charge in [0.2, 0.25) is 0 Å². The summed E-state index contributed by atoms with van der Waals surface area (Å²) in [6.07, 6.45) is 2.45. The van der Waals surface area contributed by atoms with Gasteiger partial charge in [-0.1, -0.05) is 17.7 Å². The number of nitrogens with zero attached hydrogens (tertiary/aromatic N) is 5. The van der Waals surface area contributed by atoms with Crippen LogP contribution in [0.25, 0.3) is 0 Å². The molecule has 3 heterocycles. The molecule has 0 saturated carbocycles. The molecule has 0 unspecified atom stereocenters. The number of carbonyl (C=O) groups is 1. The van der Waals surface area contributed by atoms with Crippen LogP contribution in [0.1, 0.15) is 29.0 Å². The van der Waals surface area contributed by atoms with Crippen molar-refractivity contribution in [2.45, 2.75) is 19.8 Å². The Morgan fingerprint density at radius 2 is 1.56 bits per heavy atom. The summed E-state index contributed by atoms with van der Waals surface area (Å²) in [6.45, 7) is 6.96. The van der Waals surface area contributed by atoms with E-state index < -0.39 is 0 Å². The third kappa shape index (κ3) is 4.00. The Labute approximate surface area is 164 Å². The van der Waals surface area contributed by atoms with E-state index in [2.05, 4.69) is 25.8 Å². The lowest BCUT2D eigenvalue weighted by molar-refractivity contribution is 0.0746. The van der Waals surface area contributed by atoms with Gasteiger partial charge in [-0.05, 0) is 38.0 Å². The Morgan fingerprint density at radius 1 is 0.926 bits per heavy atom. The van der Waals surface area contributed by atoms with Crippen LogP contribution in [-0.4, -0.2) is 60.0 Å². The second-order valence-corrected chi connectivity index (χ2v) is 7.55. The molecular weight excluding hydrogens is 362 g/mol. The molecule has 1 aromatic heterocycles. The van der Waals surface area contributed by atoms with Gasteiger partial charge in [0, 0.05) is 55.9 Å². The number of anilines is 2. The summed E-state index contributed by atoms with van der Waals surface area (Å²) < 4.78 is 0. The molecule has 4 rings (SSSR count). The van der Waals surface area contributed by atoms with Crippen molar-refractivity contribution in [1.29, 1.82) is 0 Å². The van der Waals surface area contributed by atoms with Gasteiger partial charge < -0.3 is 14.7 Å². The number of hydrogen-bond donors (Lipinski definition) is 0. The molecule has 2 aromatic rings. The van der Waals surface area contributed by atoms with Gasteiger partial charge in [0.1, 0.15) is 17.5 Å². The third-order valence-electron chi connectivity index (χ3n) is 5.20. The molecule has 0 bridgehead atoms. The standard InChI is InChI=1S/C20H24ClN5O/c1-15-22-18(24-7-2-3-8-24)14-19(23-15)25-9-11-26(12-10-25)20(27)16-5-4-6-17(21)13-16/h4-6,13-14H,2-3,7-12H2,1H3. The van der Waals surface area contributed by atoms with Crippen LogP contribution in [-0.2, 0) is 0 Å². The smallest absolute Gasteiger partial charge is 0.254 e. The molecule has 27 heavy (non-hydrogen) atoms. The molecule has 142 valence electrons. The average molecular weight is 386 g/mol. The van der Waals surface area contributed by atoms with Crippen molar-refractivity contribution in [2.75, 3.05) is 49.1 Å². The summed E-state index contributed by atoms with van der Waals surface area (Å²) in [5, 5.41) is 0.588. The molecule has 0 N–H and O–H groups in total. The summed E-state index contributed by atoms with van der Waals surface area (Å²) in [5.41, 5.74) is 0.644. The number of aryl methyl sites for hydroxylation is 1. The highest BCUT2D eigenvalue weighted by Gasteiger charge is 2.24. The second kappa shape index (κ2) is 7.72. The Morgan fingerprint density at radius 3 is 2.19 bits per heavy atom. The zero-order valence-electron chi connectivity index (χ0n) is 15.6. The van der Waals surface area contributed by atoms with Crippen LogP contribution in [0.4, 0.5) is 11.6 Å². The molecular formula is C20H24ClN5O. The second-order valence-electron chi connectivity index (χ2n) is 7.12. The number of aromatic nitrogens is 2. The first-order valence-electron chi connectivity index (χ1n) is 9.50. The molecule has 2 aliphatic rings. The fourth-order valence-corrected chi connectivity index (χ4v) is 3.94. The van der Waals surface area contributed by atoms with Crippen molar-refractivity contribution < 1.29 is 4.79 Å². The normalized spacial score (nSPS) is 17.5. The fourth-order valence-electron chi connectivity index (χ4n) is 3.75. The highest BCUT2D eigenvalue weighted by molar-refractivity contribution is 6.30. The lowest BCUT2D eigenvalue weighted by atomic mass is 10.2. The Hall–Kier alpha value is -2.34. The van der Waals surface area contributed by atoms with E-state index in [0.717, 1.165) is 43.6 Å². The average Bonchev–Trinajstić information content (AvgIpc) is 3.22. The molecule has 6 nitrogen and oxygen atoms in total. The molecule has 0 atom stereocenters. The van der Waals surface area contributed by atoms with Crippen LogP contribution < -0.4 is 9.80 Å². The van der Waals surface area contributed by atoms with Gasteiger partial charge in [-0.3, -0.25) is 4.79 Å². The van der Waals surface area contributed by atoms with Crippen molar-refractivity contribution >= 4 is 29.1 Å². The number of piperazine rings is 1. The van der Waals surface area contributed by atoms with Crippen LogP contribution in [0, 0.1) is 6.92 Å². The minimum absolute atomic E-state index is 0.0359. The summed E-state index contributed by atoms with van der Waals surface area (Å²) >= 11 is 6.02. The lowest BCUT2D eigenvalue weighted by Gasteiger charge is -2.35. The van der Waals surface area contributed by atoms with E-state index in [1.165, 1.54) is 12.8 Å². The van der Waals surface area contributed by atoms with Gasteiger partial charge in [-0.2, -0.15) is 0 Å². The van der Waals surface area contributed by atoms with E-state index in [9.17, 15) is 4.79 Å². The van der Waals surface area contributed by atoms with E-state index in [1.807, 2.05) is 24.0 Å². The van der Waals surface area contributed by atoms with E-state index in [-0.39, 0.29) is 5.91 Å². The van der Waals surface area contributed by atoms with E-state index >= 15 is 0 Å². The Kier molecular flexibility index (Phi) is 5.16. The van der Waals surface area contributed by atoms with Crippen LogP contribution in [0.15, 0.2) is 30.3 Å². The molecule has 0 radical (unpaired) electrons. The van der Waals surface area contributed by atoms with Crippen LogP contribution in [0.3, 0.4) is 0 Å². The topological polar surface area (TPSA) is 52.6 Å². The fraction of sp³-hybridized carbons (Fsp3) is 0.450. The third-order valence-corrected chi connectivity index (χ3v) is 5.44. The largest absolute Gasteiger partial charge is 0.356 e. The predicted molar refractivity (Wildman–Crippen MR) is 108 cm³/mol. The van der Waals surface area contributed by atoms with Gasteiger partial charge in [0.05, 0.1) is 0 Å². The Balaban J connectivity index is 1.44. The number of benzene rings is 1. The summed E-state index contributed by atoms with van der Waals surface area (Å²) in [4.78, 5) is 28.4. The first kappa shape index (κ1) is 18.0. The maximum atomic E-state index is 12.7. The Bertz CT molecular complexity index is 829. The maximum absolute atomic E-state index is 12.7. The molecule has 1 aromatic carbocycles. The van der Waals surface area contributed by atoms with Crippen molar-refractivity contribution in [3.05, 3.63) is 46.7 Å². The van der Waals surface area contributed by atoms with E-state index in [1.54, 1.807) is 12.1 Å². The summed E-state index contributed by atoms with van der Waals surface area (Å²) in [6, 6.07) is 9.23. The quantitative estimate of drug-likeness (QED) is 0.813. The number of amides is 1. The zero-order valence-corrected chi connectivity index (χ0v) is 16.3. The molecule has 2 fully saturated rings. The van der Waals surface area contributed by atoms with Gasteiger partial charge in [0.25, 0.3) is 5.91 Å². The van der Waals surface area contributed by atoms with Gasteiger partial charge >= 0.3 is 0 Å². The summed E-state index contributed by atoms with van der Waals surface area (Å²) in [5.74, 6) is 2.81. The van der Waals surface area contributed by atoms with Gasteiger partial charge in [-0.15, -0.1) is 0 Å². The molecule has 0 aliphatic carbocycles. The zero-order chi connectivity index (χ0) is 18.8. The van der Waals surface area contributed by atoms with Gasteiger partial charge in [-0.25, -0.2) is 9.97 Å². The summed E-state index contributed by atoms with van der Waals surface area (Å²) in [7, 11) is 0. The first-order valence-corrected chi connectivity index (χ1v) is 9.88. The van der Waals surface area contributed by atoms with Crippen LogP contribution in [0.5, 0.6) is 0 Å².